The molecule has 1 aromatic heterocycles. The average Bonchev–Trinajstić information content (AvgIpc) is 2.68. The van der Waals surface area contributed by atoms with Gasteiger partial charge in [-0.2, -0.15) is 0 Å². The quantitative estimate of drug-likeness (QED) is 0.814. The highest BCUT2D eigenvalue weighted by Gasteiger charge is 2.40. The monoisotopic (exact) mass is 240 g/mol. The highest BCUT2D eigenvalue weighted by Crippen LogP contribution is 2.26. The number of nitrogens with zero attached hydrogens (tertiary/aromatic N) is 4. The number of tetrazole rings is 1. The zero-order valence-corrected chi connectivity index (χ0v) is 10.8. The Hall–Kier alpha value is -1.46. The van der Waals surface area contributed by atoms with E-state index in [0.717, 1.165) is 0 Å². The van der Waals surface area contributed by atoms with Crippen molar-refractivity contribution in [1.29, 1.82) is 0 Å². The fourth-order valence-electron chi connectivity index (χ4n) is 1.97. The molecule has 1 aromatic rings. The Kier molecular flexibility index (Phi) is 4.20. The van der Waals surface area contributed by atoms with Crippen LogP contribution in [0.2, 0.25) is 0 Å². The van der Waals surface area contributed by atoms with Crippen LogP contribution in [0.3, 0.4) is 0 Å². The van der Waals surface area contributed by atoms with Crippen LogP contribution in [0.5, 0.6) is 0 Å². The van der Waals surface area contributed by atoms with E-state index in [1.54, 1.807) is 0 Å². The van der Waals surface area contributed by atoms with Gasteiger partial charge in [0.15, 0.2) is 11.4 Å². The van der Waals surface area contributed by atoms with Crippen molar-refractivity contribution in [2.75, 3.05) is 0 Å². The summed E-state index contributed by atoms with van der Waals surface area (Å²) < 4.78 is 1.48. The Bertz CT molecular complexity index is 383. The molecule has 0 aromatic carbocycles. The summed E-state index contributed by atoms with van der Waals surface area (Å²) in [6.07, 6.45) is 1.62. The van der Waals surface area contributed by atoms with Crippen LogP contribution >= 0.6 is 0 Å². The van der Waals surface area contributed by atoms with Gasteiger partial charge in [-0.05, 0) is 29.2 Å². The molecule has 0 saturated carbocycles. The van der Waals surface area contributed by atoms with Crippen molar-refractivity contribution in [3.63, 3.8) is 0 Å². The van der Waals surface area contributed by atoms with Crippen molar-refractivity contribution in [3.05, 3.63) is 5.82 Å². The van der Waals surface area contributed by atoms with Crippen molar-refractivity contribution in [3.8, 4) is 0 Å². The van der Waals surface area contributed by atoms with Crippen LogP contribution in [0, 0.1) is 5.92 Å². The first-order chi connectivity index (χ1) is 7.97. The Morgan fingerprint density at radius 1 is 1.41 bits per heavy atom. The van der Waals surface area contributed by atoms with Gasteiger partial charge in [-0.15, -0.1) is 5.10 Å². The number of aromatic nitrogens is 4. The van der Waals surface area contributed by atoms with Crippen molar-refractivity contribution in [2.24, 2.45) is 5.92 Å². The lowest BCUT2D eigenvalue weighted by Gasteiger charge is -2.27. The van der Waals surface area contributed by atoms with E-state index in [0.29, 0.717) is 31.0 Å². The van der Waals surface area contributed by atoms with Crippen molar-refractivity contribution >= 4 is 5.97 Å². The van der Waals surface area contributed by atoms with Gasteiger partial charge in [0.05, 0.1) is 0 Å². The molecule has 0 amide bonds. The van der Waals surface area contributed by atoms with Gasteiger partial charge in [-0.1, -0.05) is 27.7 Å². The molecule has 0 aliphatic carbocycles. The van der Waals surface area contributed by atoms with Crippen LogP contribution in [-0.2, 0) is 16.8 Å². The molecule has 1 rings (SSSR count). The second-order valence-electron chi connectivity index (χ2n) is 4.65. The summed E-state index contributed by atoms with van der Waals surface area (Å²) in [5.74, 6) is 0.158. The van der Waals surface area contributed by atoms with Gasteiger partial charge < -0.3 is 5.11 Å². The molecule has 96 valence electrons. The maximum absolute atomic E-state index is 11.5. The van der Waals surface area contributed by atoms with Gasteiger partial charge in [-0.3, -0.25) is 0 Å². The summed E-state index contributed by atoms with van der Waals surface area (Å²) in [6.45, 7) is 7.80. The molecule has 0 aliphatic rings. The standard InChI is InChI=1S/C11H20N4O2/c1-5-11(6-2,10(16)17)15-9(7-8(3)4)12-13-14-15/h8H,5-7H2,1-4H3,(H,16,17). The number of aliphatic carboxylic acids is 1. The zero-order chi connectivity index (χ0) is 13.1. The predicted molar refractivity (Wildman–Crippen MR) is 62.6 cm³/mol. The Labute approximate surface area is 101 Å². The fraction of sp³-hybridized carbons (Fsp3) is 0.818. The first kappa shape index (κ1) is 13.6. The molecule has 0 atom stereocenters. The normalized spacial score (nSPS) is 12.1. The van der Waals surface area contributed by atoms with E-state index in [4.69, 9.17) is 0 Å². The van der Waals surface area contributed by atoms with Crippen LogP contribution in [-0.4, -0.2) is 31.3 Å². The van der Waals surface area contributed by atoms with Gasteiger partial charge in [0.25, 0.3) is 0 Å². The lowest BCUT2D eigenvalue weighted by molar-refractivity contribution is -0.148. The zero-order valence-electron chi connectivity index (χ0n) is 10.8. The minimum absolute atomic E-state index is 0.389. The van der Waals surface area contributed by atoms with Crippen molar-refractivity contribution in [2.45, 2.75) is 52.5 Å². The first-order valence-corrected chi connectivity index (χ1v) is 5.99. The highest BCUT2D eigenvalue weighted by atomic mass is 16.4. The maximum atomic E-state index is 11.5. The molecule has 0 saturated heterocycles. The Balaban J connectivity index is 3.19. The SMILES string of the molecule is CCC(CC)(C(=O)O)n1nnnc1CC(C)C. The molecule has 6 nitrogen and oxygen atoms in total. The molecule has 1 heterocycles. The van der Waals surface area contributed by atoms with E-state index >= 15 is 0 Å². The summed E-state index contributed by atoms with van der Waals surface area (Å²) in [5.41, 5.74) is -1.02. The predicted octanol–water partition coefficient (Wildman–Crippen LogP) is 1.47. The van der Waals surface area contributed by atoms with Crippen molar-refractivity contribution in [1.82, 2.24) is 20.2 Å². The lowest BCUT2D eigenvalue weighted by atomic mass is 9.92. The second-order valence-corrected chi connectivity index (χ2v) is 4.65. The van der Waals surface area contributed by atoms with E-state index in [1.807, 2.05) is 13.8 Å². The maximum Gasteiger partial charge on any atom is 0.331 e. The number of carboxylic acids is 1. The summed E-state index contributed by atoms with van der Waals surface area (Å²) in [7, 11) is 0. The molecule has 6 heteroatoms. The first-order valence-electron chi connectivity index (χ1n) is 5.99. The van der Waals surface area contributed by atoms with E-state index in [9.17, 15) is 9.90 Å². The van der Waals surface area contributed by atoms with Gasteiger partial charge in [0, 0.05) is 6.42 Å². The second kappa shape index (κ2) is 5.25. The number of carboxylic acid groups (broad SMARTS) is 1. The number of carbonyl (C=O) groups is 1. The molecular weight excluding hydrogens is 220 g/mol. The summed E-state index contributed by atoms with van der Waals surface area (Å²) >= 11 is 0. The third-order valence-corrected chi connectivity index (χ3v) is 3.10. The molecular formula is C11H20N4O2. The fourth-order valence-corrected chi connectivity index (χ4v) is 1.97. The van der Waals surface area contributed by atoms with Crippen LogP contribution in [0.25, 0.3) is 0 Å². The minimum atomic E-state index is -1.02. The molecule has 0 bridgehead atoms. The van der Waals surface area contributed by atoms with Crippen LogP contribution in [0.15, 0.2) is 0 Å². The van der Waals surface area contributed by atoms with Crippen LogP contribution in [0.1, 0.15) is 46.4 Å². The highest BCUT2D eigenvalue weighted by molar-refractivity contribution is 5.76. The van der Waals surface area contributed by atoms with Gasteiger partial charge in [0.1, 0.15) is 0 Å². The number of hydrogen-bond acceptors (Lipinski definition) is 4. The van der Waals surface area contributed by atoms with Crippen LogP contribution in [0.4, 0.5) is 0 Å². The molecule has 0 radical (unpaired) electrons. The molecule has 17 heavy (non-hydrogen) atoms. The van der Waals surface area contributed by atoms with Gasteiger partial charge in [-0.25, -0.2) is 9.48 Å². The third-order valence-electron chi connectivity index (χ3n) is 3.10. The topological polar surface area (TPSA) is 80.9 Å². The summed E-state index contributed by atoms with van der Waals surface area (Å²) in [6, 6.07) is 0. The smallest absolute Gasteiger partial charge is 0.331 e. The Morgan fingerprint density at radius 3 is 2.41 bits per heavy atom. The summed E-state index contributed by atoms with van der Waals surface area (Å²) in [4.78, 5) is 11.5. The third kappa shape index (κ3) is 2.45. The number of hydrogen-bond donors (Lipinski definition) is 1. The molecule has 0 fully saturated rings. The van der Waals surface area contributed by atoms with E-state index in [2.05, 4.69) is 29.4 Å². The molecule has 1 N–H and O–H groups in total. The number of rotatable bonds is 6. The van der Waals surface area contributed by atoms with Gasteiger partial charge >= 0.3 is 5.97 Å². The van der Waals surface area contributed by atoms with E-state index in [-0.39, 0.29) is 0 Å². The van der Waals surface area contributed by atoms with E-state index < -0.39 is 11.5 Å². The summed E-state index contributed by atoms with van der Waals surface area (Å²) in [5, 5.41) is 20.9. The largest absolute Gasteiger partial charge is 0.479 e. The lowest BCUT2D eigenvalue weighted by Crippen LogP contribution is -2.43. The average molecular weight is 240 g/mol. The molecule has 0 aliphatic heterocycles. The molecule has 0 unspecified atom stereocenters. The van der Waals surface area contributed by atoms with E-state index in [1.165, 1.54) is 4.68 Å². The van der Waals surface area contributed by atoms with Gasteiger partial charge in [0.2, 0.25) is 0 Å². The van der Waals surface area contributed by atoms with Crippen molar-refractivity contribution < 1.29 is 9.90 Å². The molecule has 0 spiro atoms. The Morgan fingerprint density at radius 2 is 2.00 bits per heavy atom. The van der Waals surface area contributed by atoms with Crippen LogP contribution < -0.4 is 0 Å². The minimum Gasteiger partial charge on any atom is -0.479 e.